The third kappa shape index (κ3) is 4.20. The van der Waals surface area contributed by atoms with Gasteiger partial charge in [-0.15, -0.1) is 5.92 Å². The highest BCUT2D eigenvalue weighted by atomic mass is 35.5. The first-order chi connectivity index (χ1) is 16.2. The zero-order chi connectivity index (χ0) is 24.6. The van der Waals surface area contributed by atoms with Crippen molar-refractivity contribution in [2.24, 2.45) is 12.8 Å². The molecule has 1 fully saturated rings. The van der Waals surface area contributed by atoms with Gasteiger partial charge in [0, 0.05) is 31.2 Å². The molecule has 0 spiro atoms. The molecule has 1 atom stereocenters. The number of carboxylic acid groups (broad SMARTS) is 1. The highest BCUT2D eigenvalue weighted by Crippen LogP contribution is 2.23. The molecule has 1 aliphatic rings. The SMILES string of the molecule is CC#CCn1c(N2CCC[C@H](N)C2)nc2c1c(=O)n(Cc1ccc(Cl)cc1C(=O)O)c(=O)n2C. The Morgan fingerprint density at radius 3 is 2.76 bits per heavy atom. The van der Waals surface area contributed by atoms with Crippen LogP contribution in [-0.2, 0) is 20.1 Å². The van der Waals surface area contributed by atoms with Crippen LogP contribution in [0.25, 0.3) is 11.2 Å². The van der Waals surface area contributed by atoms with Crippen LogP contribution >= 0.6 is 11.6 Å². The monoisotopic (exact) mass is 484 g/mol. The van der Waals surface area contributed by atoms with Crippen molar-refractivity contribution < 1.29 is 9.90 Å². The van der Waals surface area contributed by atoms with Gasteiger partial charge in [0.25, 0.3) is 5.56 Å². The molecule has 4 rings (SSSR count). The summed E-state index contributed by atoms with van der Waals surface area (Å²) in [6.07, 6.45) is 1.80. The molecule has 10 nitrogen and oxygen atoms in total. The van der Waals surface area contributed by atoms with Crippen LogP contribution in [0.5, 0.6) is 0 Å². The third-order valence-electron chi connectivity index (χ3n) is 6.00. The van der Waals surface area contributed by atoms with Gasteiger partial charge in [0.15, 0.2) is 11.2 Å². The van der Waals surface area contributed by atoms with Gasteiger partial charge in [-0.05, 0) is 37.5 Å². The molecule has 1 saturated heterocycles. The topological polar surface area (TPSA) is 128 Å². The average Bonchev–Trinajstić information content (AvgIpc) is 3.19. The van der Waals surface area contributed by atoms with Crippen molar-refractivity contribution in [3.05, 3.63) is 55.2 Å². The summed E-state index contributed by atoms with van der Waals surface area (Å²) in [5.74, 6) is 5.16. The number of hydrogen-bond acceptors (Lipinski definition) is 6. The fraction of sp³-hybridized carbons (Fsp3) is 0.391. The molecule has 0 unspecified atom stereocenters. The second-order valence-corrected chi connectivity index (χ2v) is 8.72. The largest absolute Gasteiger partial charge is 0.478 e. The molecular formula is C23H25ClN6O4. The number of carboxylic acids is 1. The molecule has 0 amide bonds. The van der Waals surface area contributed by atoms with Gasteiger partial charge in [-0.3, -0.25) is 18.5 Å². The Kier molecular flexibility index (Phi) is 6.50. The Morgan fingerprint density at radius 2 is 2.09 bits per heavy atom. The molecular weight excluding hydrogens is 460 g/mol. The van der Waals surface area contributed by atoms with E-state index in [1.807, 2.05) is 4.90 Å². The van der Waals surface area contributed by atoms with Crippen LogP contribution < -0.4 is 21.9 Å². The Morgan fingerprint density at radius 1 is 1.32 bits per heavy atom. The van der Waals surface area contributed by atoms with Gasteiger partial charge in [-0.2, -0.15) is 4.98 Å². The first-order valence-corrected chi connectivity index (χ1v) is 11.2. The second kappa shape index (κ2) is 9.37. The highest BCUT2D eigenvalue weighted by molar-refractivity contribution is 6.31. The fourth-order valence-electron chi connectivity index (χ4n) is 4.30. The van der Waals surface area contributed by atoms with Crippen molar-refractivity contribution in [3.63, 3.8) is 0 Å². The van der Waals surface area contributed by atoms with E-state index in [-0.39, 0.29) is 46.4 Å². The molecule has 3 aromatic rings. The smallest absolute Gasteiger partial charge is 0.336 e. The number of rotatable bonds is 5. The summed E-state index contributed by atoms with van der Waals surface area (Å²) in [4.78, 5) is 45.2. The summed E-state index contributed by atoms with van der Waals surface area (Å²) >= 11 is 5.95. The maximum absolute atomic E-state index is 13.6. The minimum absolute atomic E-state index is 0.0147. The van der Waals surface area contributed by atoms with Gasteiger partial charge in [0.1, 0.15) is 0 Å². The molecule has 34 heavy (non-hydrogen) atoms. The number of imidazole rings is 1. The number of hydrogen-bond donors (Lipinski definition) is 2. The number of fused-ring (bicyclic) bond motifs is 1. The van der Waals surface area contributed by atoms with E-state index in [9.17, 15) is 19.5 Å². The molecule has 3 N–H and O–H groups in total. The zero-order valence-electron chi connectivity index (χ0n) is 18.9. The number of nitrogens with two attached hydrogens (primary N) is 1. The lowest BCUT2D eigenvalue weighted by Crippen LogP contribution is -2.44. The summed E-state index contributed by atoms with van der Waals surface area (Å²) in [5.41, 5.74) is 5.68. The van der Waals surface area contributed by atoms with Crippen LogP contribution in [-0.4, -0.2) is 48.9 Å². The van der Waals surface area contributed by atoms with E-state index >= 15 is 0 Å². The molecule has 0 saturated carbocycles. The molecule has 178 valence electrons. The Hall–Kier alpha value is -3.55. The minimum atomic E-state index is -1.20. The van der Waals surface area contributed by atoms with Gasteiger partial charge < -0.3 is 15.7 Å². The van der Waals surface area contributed by atoms with Gasteiger partial charge in [0.2, 0.25) is 5.95 Å². The molecule has 11 heteroatoms. The number of nitrogens with zero attached hydrogens (tertiary/aromatic N) is 5. The molecule has 1 aliphatic heterocycles. The second-order valence-electron chi connectivity index (χ2n) is 8.28. The lowest BCUT2D eigenvalue weighted by molar-refractivity contribution is 0.0695. The van der Waals surface area contributed by atoms with Crippen molar-refractivity contribution in [3.8, 4) is 11.8 Å². The number of piperidine rings is 1. The van der Waals surface area contributed by atoms with Crippen LogP contribution in [0.4, 0.5) is 5.95 Å². The summed E-state index contributed by atoms with van der Waals surface area (Å²) in [6.45, 7) is 3.00. The maximum atomic E-state index is 13.6. The number of benzene rings is 1. The molecule has 1 aromatic carbocycles. The van der Waals surface area contributed by atoms with Crippen molar-refractivity contribution in [2.45, 2.75) is 38.9 Å². The number of aromatic carboxylic acids is 1. The van der Waals surface area contributed by atoms with Crippen LogP contribution in [0.1, 0.15) is 35.7 Å². The molecule has 2 aromatic heterocycles. The molecule has 0 bridgehead atoms. The minimum Gasteiger partial charge on any atom is -0.478 e. The van der Waals surface area contributed by atoms with E-state index in [4.69, 9.17) is 17.3 Å². The molecule has 0 radical (unpaired) electrons. The Balaban J connectivity index is 1.94. The van der Waals surface area contributed by atoms with Crippen LogP contribution in [0.2, 0.25) is 5.02 Å². The highest BCUT2D eigenvalue weighted by Gasteiger charge is 2.26. The quantitative estimate of drug-likeness (QED) is 0.521. The lowest BCUT2D eigenvalue weighted by Gasteiger charge is -2.31. The summed E-state index contributed by atoms with van der Waals surface area (Å²) < 4.78 is 4.03. The summed E-state index contributed by atoms with van der Waals surface area (Å²) in [5, 5.41) is 9.82. The van der Waals surface area contributed by atoms with Crippen LogP contribution in [0, 0.1) is 11.8 Å². The van der Waals surface area contributed by atoms with E-state index < -0.39 is 17.2 Å². The van der Waals surface area contributed by atoms with E-state index in [1.165, 1.54) is 29.8 Å². The van der Waals surface area contributed by atoms with E-state index in [0.717, 1.165) is 24.0 Å². The van der Waals surface area contributed by atoms with Gasteiger partial charge in [-0.1, -0.05) is 23.6 Å². The van der Waals surface area contributed by atoms with Crippen LogP contribution in [0.15, 0.2) is 27.8 Å². The Labute approximate surface area is 200 Å². The van der Waals surface area contributed by atoms with Crippen molar-refractivity contribution in [2.75, 3.05) is 18.0 Å². The van der Waals surface area contributed by atoms with Crippen molar-refractivity contribution >= 4 is 34.7 Å². The number of anilines is 1. The standard InChI is InChI=1S/C23H25ClN6O4/c1-3-4-10-29-18-19(26-22(29)28-9-5-6-16(25)13-28)27(2)23(34)30(20(18)31)12-14-7-8-15(24)11-17(14)21(32)33/h7-8,11,16H,5-6,9-10,12-13,25H2,1-2H3,(H,32,33)/t16-/m0/s1. The normalized spacial score (nSPS) is 15.9. The van der Waals surface area contributed by atoms with E-state index in [1.54, 1.807) is 11.5 Å². The number of carbonyl (C=O) groups is 1. The number of aryl methyl sites for hydroxylation is 1. The Bertz CT molecular complexity index is 1460. The first kappa shape index (κ1) is 23.6. The zero-order valence-corrected chi connectivity index (χ0v) is 19.7. The average molecular weight is 485 g/mol. The van der Waals surface area contributed by atoms with Crippen LogP contribution in [0.3, 0.4) is 0 Å². The van der Waals surface area contributed by atoms with Crippen molar-refractivity contribution in [1.29, 1.82) is 0 Å². The summed E-state index contributed by atoms with van der Waals surface area (Å²) in [7, 11) is 1.54. The predicted molar refractivity (Wildman–Crippen MR) is 130 cm³/mol. The summed E-state index contributed by atoms with van der Waals surface area (Å²) in [6, 6.07) is 4.31. The molecule has 3 heterocycles. The van der Waals surface area contributed by atoms with Gasteiger partial charge in [0.05, 0.1) is 18.7 Å². The van der Waals surface area contributed by atoms with E-state index in [0.29, 0.717) is 12.5 Å². The van der Waals surface area contributed by atoms with Crippen molar-refractivity contribution in [1.82, 2.24) is 18.7 Å². The molecule has 0 aliphatic carbocycles. The van der Waals surface area contributed by atoms with Gasteiger partial charge >= 0.3 is 11.7 Å². The number of halogens is 1. The van der Waals surface area contributed by atoms with E-state index in [2.05, 4.69) is 16.8 Å². The lowest BCUT2D eigenvalue weighted by atomic mass is 10.1. The first-order valence-electron chi connectivity index (χ1n) is 10.8. The maximum Gasteiger partial charge on any atom is 0.336 e. The van der Waals surface area contributed by atoms with Gasteiger partial charge in [-0.25, -0.2) is 9.59 Å². The third-order valence-corrected chi connectivity index (χ3v) is 6.23. The fourth-order valence-corrected chi connectivity index (χ4v) is 4.47. The number of aromatic nitrogens is 4. The predicted octanol–water partition coefficient (Wildman–Crippen LogP) is 1.25.